The maximum Gasteiger partial charge on any atom is 0.254 e. The summed E-state index contributed by atoms with van der Waals surface area (Å²) in [6.45, 7) is 3.15. The third-order valence-corrected chi connectivity index (χ3v) is 6.79. The van der Waals surface area contributed by atoms with Gasteiger partial charge in [-0.1, -0.05) is 36.2 Å². The summed E-state index contributed by atoms with van der Waals surface area (Å²) in [4.78, 5) is 34.8. The molecule has 2 amide bonds. The molecule has 6 nitrogen and oxygen atoms in total. The Morgan fingerprint density at radius 2 is 1.97 bits per heavy atom. The number of amides is 2. The zero-order valence-corrected chi connectivity index (χ0v) is 19.0. The van der Waals surface area contributed by atoms with Crippen molar-refractivity contribution in [3.63, 3.8) is 0 Å². The van der Waals surface area contributed by atoms with Crippen LogP contribution in [0.15, 0.2) is 42.6 Å². The van der Waals surface area contributed by atoms with Crippen LogP contribution >= 0.6 is 23.2 Å². The van der Waals surface area contributed by atoms with E-state index in [4.69, 9.17) is 23.2 Å². The van der Waals surface area contributed by atoms with Crippen molar-refractivity contribution in [2.45, 2.75) is 19.8 Å². The molecular formula is C24H22Cl2N4O2. The first-order chi connectivity index (χ1) is 15.4. The van der Waals surface area contributed by atoms with E-state index >= 15 is 0 Å². The lowest BCUT2D eigenvalue weighted by molar-refractivity contribution is -0.117. The van der Waals surface area contributed by atoms with Gasteiger partial charge in [0, 0.05) is 36.2 Å². The molecule has 0 radical (unpaired) electrons. The highest BCUT2D eigenvalue weighted by Gasteiger charge is 2.30. The van der Waals surface area contributed by atoms with Crippen molar-refractivity contribution in [2.24, 2.45) is 11.8 Å². The van der Waals surface area contributed by atoms with E-state index in [1.165, 1.54) is 0 Å². The van der Waals surface area contributed by atoms with Crippen molar-refractivity contribution >= 4 is 57.4 Å². The molecule has 3 heterocycles. The molecule has 2 aliphatic rings. The highest BCUT2D eigenvalue weighted by molar-refractivity contribution is 6.42. The molecule has 1 unspecified atom stereocenters. The number of halogens is 2. The van der Waals surface area contributed by atoms with Crippen LogP contribution in [0.2, 0.25) is 10.0 Å². The lowest BCUT2D eigenvalue weighted by Gasteiger charge is -2.32. The molecule has 32 heavy (non-hydrogen) atoms. The number of rotatable bonds is 4. The van der Waals surface area contributed by atoms with Gasteiger partial charge >= 0.3 is 0 Å². The monoisotopic (exact) mass is 468 g/mol. The van der Waals surface area contributed by atoms with Gasteiger partial charge in [-0.15, -0.1) is 0 Å². The normalized spacial score (nSPS) is 18.5. The van der Waals surface area contributed by atoms with Crippen molar-refractivity contribution in [3.8, 4) is 0 Å². The first kappa shape index (κ1) is 21.0. The van der Waals surface area contributed by atoms with Gasteiger partial charge in [0.05, 0.1) is 10.0 Å². The molecule has 164 valence electrons. The van der Waals surface area contributed by atoms with Gasteiger partial charge in [0.1, 0.15) is 11.5 Å². The minimum Gasteiger partial charge on any atom is -0.346 e. The van der Waals surface area contributed by atoms with Crippen LogP contribution in [0.25, 0.3) is 16.6 Å². The van der Waals surface area contributed by atoms with E-state index in [1.54, 1.807) is 23.1 Å². The van der Waals surface area contributed by atoms with E-state index in [1.807, 2.05) is 18.3 Å². The first-order valence-corrected chi connectivity index (χ1v) is 11.4. The average Bonchev–Trinajstić information content (AvgIpc) is 3.53. The molecule has 0 saturated heterocycles. The van der Waals surface area contributed by atoms with Crippen LogP contribution in [0.4, 0.5) is 5.82 Å². The van der Waals surface area contributed by atoms with Gasteiger partial charge in [-0.3, -0.25) is 9.59 Å². The smallest absolute Gasteiger partial charge is 0.254 e. The number of aromatic nitrogens is 2. The molecule has 1 fully saturated rings. The van der Waals surface area contributed by atoms with Crippen molar-refractivity contribution in [3.05, 3.63) is 63.8 Å². The third kappa shape index (κ3) is 4.00. The predicted octanol–water partition coefficient (Wildman–Crippen LogP) is 5.39. The second kappa shape index (κ2) is 8.26. The number of anilines is 1. The SMILES string of the molecule is CC1CN(C(=O)c2ccc(Cl)c(Cl)c2)CC=C1c1cc(NC(=O)C2CC2)nc2[nH]ccc12. The Hall–Kier alpha value is -2.83. The summed E-state index contributed by atoms with van der Waals surface area (Å²) in [5.41, 5.74) is 3.41. The van der Waals surface area contributed by atoms with E-state index in [0.29, 0.717) is 34.5 Å². The molecular weight excluding hydrogens is 447 g/mol. The Kier molecular flexibility index (Phi) is 5.43. The highest BCUT2D eigenvalue weighted by Crippen LogP contribution is 2.35. The van der Waals surface area contributed by atoms with Crippen LogP contribution in [0.1, 0.15) is 35.7 Å². The summed E-state index contributed by atoms with van der Waals surface area (Å²) in [7, 11) is 0. The third-order valence-electron chi connectivity index (χ3n) is 6.05. The van der Waals surface area contributed by atoms with Crippen LogP contribution in [0.5, 0.6) is 0 Å². The number of pyridine rings is 1. The van der Waals surface area contributed by atoms with Crippen molar-refractivity contribution in [1.29, 1.82) is 0 Å². The molecule has 1 atom stereocenters. The summed E-state index contributed by atoms with van der Waals surface area (Å²) in [5, 5.41) is 4.74. The Labute approximate surface area is 195 Å². The molecule has 1 aromatic carbocycles. The van der Waals surface area contributed by atoms with Crippen LogP contribution in [0.3, 0.4) is 0 Å². The Bertz CT molecular complexity index is 1260. The van der Waals surface area contributed by atoms with Crippen molar-refractivity contribution in [1.82, 2.24) is 14.9 Å². The number of fused-ring (bicyclic) bond motifs is 1. The number of carbonyl (C=O) groups is 2. The van der Waals surface area contributed by atoms with Crippen LogP contribution in [-0.2, 0) is 4.79 Å². The topological polar surface area (TPSA) is 78.1 Å². The summed E-state index contributed by atoms with van der Waals surface area (Å²) in [6, 6.07) is 8.88. The zero-order valence-electron chi connectivity index (χ0n) is 17.5. The maximum atomic E-state index is 13.0. The highest BCUT2D eigenvalue weighted by atomic mass is 35.5. The largest absolute Gasteiger partial charge is 0.346 e. The number of aromatic amines is 1. The quantitative estimate of drug-likeness (QED) is 0.538. The fourth-order valence-corrected chi connectivity index (χ4v) is 4.48. The van der Waals surface area contributed by atoms with E-state index in [-0.39, 0.29) is 23.7 Å². The second-order valence-electron chi connectivity index (χ2n) is 8.46. The molecule has 5 rings (SSSR count). The van der Waals surface area contributed by atoms with Gasteiger partial charge in [-0.2, -0.15) is 0 Å². The second-order valence-corrected chi connectivity index (χ2v) is 9.27. The van der Waals surface area contributed by atoms with E-state index in [0.717, 1.165) is 35.0 Å². The zero-order chi connectivity index (χ0) is 22.4. The van der Waals surface area contributed by atoms with Gasteiger partial charge < -0.3 is 15.2 Å². The van der Waals surface area contributed by atoms with Gasteiger partial charge in [0.2, 0.25) is 5.91 Å². The Morgan fingerprint density at radius 3 is 2.69 bits per heavy atom. The Morgan fingerprint density at radius 1 is 1.16 bits per heavy atom. The summed E-state index contributed by atoms with van der Waals surface area (Å²) >= 11 is 12.1. The molecule has 2 N–H and O–H groups in total. The van der Waals surface area contributed by atoms with E-state index < -0.39 is 0 Å². The number of nitrogens with zero attached hydrogens (tertiary/aromatic N) is 2. The minimum absolute atomic E-state index is 0.0263. The standard InChI is InChI=1S/C24H22Cl2N4O2/c1-13-12-30(24(32)15-4-5-19(25)20(26)10-15)9-7-16(13)18-11-21(29-23(31)14-2-3-14)28-22-17(18)6-8-27-22/h4-8,10-11,13-14H,2-3,9,12H2,1H3,(H2,27,28,29,31). The lowest BCUT2D eigenvalue weighted by Crippen LogP contribution is -2.38. The number of hydrogen-bond donors (Lipinski definition) is 2. The van der Waals surface area contributed by atoms with Gasteiger partial charge in [0.25, 0.3) is 5.91 Å². The lowest BCUT2D eigenvalue weighted by atomic mass is 9.89. The van der Waals surface area contributed by atoms with E-state index in [9.17, 15) is 9.59 Å². The summed E-state index contributed by atoms with van der Waals surface area (Å²) in [6.07, 6.45) is 5.81. The summed E-state index contributed by atoms with van der Waals surface area (Å²) in [5.74, 6) is 0.702. The van der Waals surface area contributed by atoms with Gasteiger partial charge in [-0.25, -0.2) is 4.98 Å². The average molecular weight is 469 g/mol. The van der Waals surface area contributed by atoms with Crippen LogP contribution in [0, 0.1) is 11.8 Å². The van der Waals surface area contributed by atoms with Crippen molar-refractivity contribution < 1.29 is 9.59 Å². The minimum atomic E-state index is -0.0791. The Balaban J connectivity index is 1.43. The number of hydrogen-bond acceptors (Lipinski definition) is 3. The van der Waals surface area contributed by atoms with E-state index in [2.05, 4.69) is 28.3 Å². The molecule has 0 spiro atoms. The van der Waals surface area contributed by atoms with Crippen LogP contribution < -0.4 is 5.32 Å². The molecule has 0 bridgehead atoms. The molecule has 1 aliphatic heterocycles. The number of benzene rings is 1. The number of H-pyrrole nitrogens is 1. The molecule has 1 aliphatic carbocycles. The molecule has 2 aromatic heterocycles. The van der Waals surface area contributed by atoms with Gasteiger partial charge in [0.15, 0.2) is 0 Å². The predicted molar refractivity (Wildman–Crippen MR) is 127 cm³/mol. The molecule has 3 aromatic rings. The molecule has 1 saturated carbocycles. The molecule has 8 heteroatoms. The fourth-order valence-electron chi connectivity index (χ4n) is 4.18. The number of nitrogens with one attached hydrogen (secondary N) is 2. The maximum absolute atomic E-state index is 13.0. The fraction of sp³-hybridized carbons (Fsp3) is 0.292. The van der Waals surface area contributed by atoms with Crippen LogP contribution in [-0.4, -0.2) is 39.8 Å². The number of carbonyl (C=O) groups excluding carboxylic acids is 2. The first-order valence-electron chi connectivity index (χ1n) is 10.6. The van der Waals surface area contributed by atoms with Gasteiger partial charge in [-0.05, 0) is 60.2 Å². The van der Waals surface area contributed by atoms with Crippen molar-refractivity contribution in [2.75, 3.05) is 18.4 Å². The summed E-state index contributed by atoms with van der Waals surface area (Å²) < 4.78 is 0.